The van der Waals surface area contributed by atoms with Gasteiger partial charge in [-0.3, -0.25) is 4.99 Å². The lowest BCUT2D eigenvalue weighted by Gasteiger charge is -2.14. The highest BCUT2D eigenvalue weighted by Crippen LogP contribution is 2.25. The molecule has 1 atom stereocenters. The second-order valence-corrected chi connectivity index (χ2v) is 6.61. The highest BCUT2D eigenvalue weighted by atomic mass is 127. The van der Waals surface area contributed by atoms with Crippen molar-refractivity contribution in [3.8, 4) is 0 Å². The van der Waals surface area contributed by atoms with Gasteiger partial charge in [-0.15, -0.1) is 24.0 Å². The third-order valence-electron chi connectivity index (χ3n) is 2.81. The molecule has 1 fully saturated rings. The van der Waals surface area contributed by atoms with E-state index in [0.29, 0.717) is 0 Å². The Balaban J connectivity index is 0.00000289. The van der Waals surface area contributed by atoms with E-state index < -0.39 is 0 Å². The van der Waals surface area contributed by atoms with Crippen LogP contribution in [-0.2, 0) is 0 Å². The molecule has 1 unspecified atom stereocenters. The van der Waals surface area contributed by atoms with E-state index in [-0.39, 0.29) is 24.0 Å². The molecule has 0 saturated carbocycles. The van der Waals surface area contributed by atoms with Gasteiger partial charge in [-0.05, 0) is 43.4 Å². The fourth-order valence-electron chi connectivity index (χ4n) is 1.81. The SMILES string of the molecule is CN=C(NCCCCSC)NCC1CCCS1.I. The number of rotatable bonds is 7. The molecule has 1 aliphatic rings. The Labute approximate surface area is 137 Å². The van der Waals surface area contributed by atoms with Crippen LogP contribution in [0.3, 0.4) is 0 Å². The van der Waals surface area contributed by atoms with E-state index in [0.717, 1.165) is 24.3 Å². The van der Waals surface area contributed by atoms with Crippen LogP contribution in [0.15, 0.2) is 4.99 Å². The predicted octanol–water partition coefficient (Wildman–Crippen LogP) is 2.81. The first-order chi connectivity index (χ1) is 8.36. The number of hydrogen-bond acceptors (Lipinski definition) is 3. The first kappa shape index (κ1) is 18.7. The smallest absolute Gasteiger partial charge is 0.191 e. The van der Waals surface area contributed by atoms with Gasteiger partial charge >= 0.3 is 0 Å². The van der Waals surface area contributed by atoms with Crippen molar-refractivity contribution in [3.05, 3.63) is 0 Å². The zero-order valence-electron chi connectivity index (χ0n) is 11.4. The molecule has 3 nitrogen and oxygen atoms in total. The monoisotopic (exact) mass is 403 g/mol. The average Bonchev–Trinajstić information content (AvgIpc) is 2.86. The third-order valence-corrected chi connectivity index (χ3v) is 4.91. The third kappa shape index (κ3) is 8.74. The van der Waals surface area contributed by atoms with Gasteiger partial charge in [0.2, 0.25) is 0 Å². The molecule has 0 amide bonds. The van der Waals surface area contributed by atoms with Crippen molar-refractivity contribution in [1.82, 2.24) is 10.6 Å². The van der Waals surface area contributed by atoms with Crippen molar-refractivity contribution in [2.45, 2.75) is 30.9 Å². The standard InChI is InChI=1S/C12H25N3S2.HI/c1-13-12(14-7-3-4-8-16-2)15-10-11-6-5-9-17-11;/h11H,3-10H2,1-2H3,(H2,13,14,15);1H. The molecule has 1 aliphatic heterocycles. The molecule has 18 heavy (non-hydrogen) atoms. The van der Waals surface area contributed by atoms with Crippen LogP contribution in [0.25, 0.3) is 0 Å². The van der Waals surface area contributed by atoms with E-state index in [1.54, 1.807) is 0 Å². The lowest BCUT2D eigenvalue weighted by Crippen LogP contribution is -2.40. The molecular weight excluding hydrogens is 377 g/mol. The maximum absolute atomic E-state index is 4.25. The molecule has 1 saturated heterocycles. The molecule has 2 N–H and O–H groups in total. The van der Waals surface area contributed by atoms with Crippen molar-refractivity contribution >= 4 is 53.5 Å². The predicted molar refractivity (Wildman–Crippen MR) is 97.9 cm³/mol. The van der Waals surface area contributed by atoms with Gasteiger partial charge in [-0.2, -0.15) is 23.5 Å². The van der Waals surface area contributed by atoms with E-state index in [1.807, 2.05) is 18.8 Å². The summed E-state index contributed by atoms with van der Waals surface area (Å²) in [5.41, 5.74) is 0. The van der Waals surface area contributed by atoms with Gasteiger partial charge in [-0.1, -0.05) is 0 Å². The molecule has 0 aliphatic carbocycles. The Hall–Kier alpha value is 0.700. The first-order valence-electron chi connectivity index (χ1n) is 6.42. The fourth-order valence-corrected chi connectivity index (χ4v) is 3.51. The Morgan fingerprint density at radius 1 is 1.39 bits per heavy atom. The van der Waals surface area contributed by atoms with Crippen LogP contribution < -0.4 is 10.6 Å². The molecular formula is C12H26IN3S2. The summed E-state index contributed by atoms with van der Waals surface area (Å²) in [7, 11) is 1.85. The minimum absolute atomic E-state index is 0. The Morgan fingerprint density at radius 2 is 2.22 bits per heavy atom. The van der Waals surface area contributed by atoms with Crippen LogP contribution in [-0.4, -0.2) is 49.1 Å². The lowest BCUT2D eigenvalue weighted by molar-refractivity contribution is 0.706. The average molecular weight is 403 g/mol. The maximum atomic E-state index is 4.25. The van der Waals surface area contributed by atoms with Crippen molar-refractivity contribution < 1.29 is 0 Å². The molecule has 0 aromatic rings. The van der Waals surface area contributed by atoms with E-state index in [4.69, 9.17) is 0 Å². The van der Waals surface area contributed by atoms with E-state index in [9.17, 15) is 0 Å². The summed E-state index contributed by atoms with van der Waals surface area (Å²) in [4.78, 5) is 4.25. The van der Waals surface area contributed by atoms with Gasteiger partial charge in [0.1, 0.15) is 0 Å². The van der Waals surface area contributed by atoms with Crippen LogP contribution in [0.1, 0.15) is 25.7 Å². The van der Waals surface area contributed by atoms with Crippen LogP contribution in [0, 0.1) is 0 Å². The van der Waals surface area contributed by atoms with Gasteiger partial charge in [0.25, 0.3) is 0 Å². The molecule has 0 bridgehead atoms. The molecule has 1 rings (SSSR count). The molecule has 6 heteroatoms. The number of aliphatic imine (C=N–C) groups is 1. The normalized spacial score (nSPS) is 19.4. The molecule has 0 spiro atoms. The zero-order valence-corrected chi connectivity index (χ0v) is 15.4. The van der Waals surface area contributed by atoms with Crippen molar-refractivity contribution in [2.24, 2.45) is 4.99 Å². The van der Waals surface area contributed by atoms with Gasteiger partial charge in [0.15, 0.2) is 5.96 Å². The van der Waals surface area contributed by atoms with Gasteiger partial charge < -0.3 is 10.6 Å². The summed E-state index contributed by atoms with van der Waals surface area (Å²) in [6.45, 7) is 2.08. The summed E-state index contributed by atoms with van der Waals surface area (Å²) in [6.07, 6.45) is 7.39. The lowest BCUT2D eigenvalue weighted by atomic mass is 10.2. The van der Waals surface area contributed by atoms with Gasteiger partial charge in [-0.25, -0.2) is 0 Å². The summed E-state index contributed by atoms with van der Waals surface area (Å²) in [5.74, 6) is 3.54. The van der Waals surface area contributed by atoms with Crippen LogP contribution in [0.5, 0.6) is 0 Å². The Kier molecular flexibility index (Phi) is 13.2. The van der Waals surface area contributed by atoms with Crippen molar-refractivity contribution in [2.75, 3.05) is 37.9 Å². The molecule has 0 aromatic heterocycles. The van der Waals surface area contributed by atoms with Crippen LogP contribution in [0.4, 0.5) is 0 Å². The zero-order chi connectivity index (χ0) is 12.3. The number of unbranched alkanes of at least 4 members (excludes halogenated alkanes) is 1. The van der Waals surface area contributed by atoms with E-state index in [1.165, 1.54) is 37.2 Å². The maximum Gasteiger partial charge on any atom is 0.191 e. The number of nitrogens with zero attached hydrogens (tertiary/aromatic N) is 1. The molecule has 0 radical (unpaired) electrons. The van der Waals surface area contributed by atoms with Crippen LogP contribution in [0.2, 0.25) is 0 Å². The summed E-state index contributed by atoms with van der Waals surface area (Å²) in [5, 5.41) is 7.57. The fraction of sp³-hybridized carbons (Fsp3) is 0.917. The summed E-state index contributed by atoms with van der Waals surface area (Å²) < 4.78 is 0. The highest BCUT2D eigenvalue weighted by Gasteiger charge is 2.15. The summed E-state index contributed by atoms with van der Waals surface area (Å²) >= 11 is 4.00. The van der Waals surface area contributed by atoms with E-state index >= 15 is 0 Å². The highest BCUT2D eigenvalue weighted by molar-refractivity contribution is 14.0. The number of nitrogens with one attached hydrogen (secondary N) is 2. The minimum atomic E-state index is 0. The van der Waals surface area contributed by atoms with Crippen molar-refractivity contribution in [1.29, 1.82) is 0 Å². The molecule has 108 valence electrons. The first-order valence-corrected chi connectivity index (χ1v) is 8.86. The quantitative estimate of drug-likeness (QED) is 0.297. The topological polar surface area (TPSA) is 36.4 Å². The second kappa shape index (κ2) is 12.7. The minimum Gasteiger partial charge on any atom is -0.356 e. The number of halogens is 1. The largest absolute Gasteiger partial charge is 0.356 e. The van der Waals surface area contributed by atoms with E-state index in [2.05, 4.69) is 33.6 Å². The number of hydrogen-bond donors (Lipinski definition) is 2. The Morgan fingerprint density at radius 3 is 2.83 bits per heavy atom. The summed E-state index contributed by atoms with van der Waals surface area (Å²) in [6, 6.07) is 0. The van der Waals surface area contributed by atoms with Crippen molar-refractivity contribution in [3.63, 3.8) is 0 Å². The van der Waals surface area contributed by atoms with Gasteiger partial charge in [0, 0.05) is 25.4 Å². The number of thioether (sulfide) groups is 2. The Bertz CT molecular complexity index is 221. The molecule has 1 heterocycles. The molecule has 0 aromatic carbocycles. The number of guanidine groups is 1. The van der Waals surface area contributed by atoms with Gasteiger partial charge in [0.05, 0.1) is 0 Å². The second-order valence-electron chi connectivity index (χ2n) is 4.21. The van der Waals surface area contributed by atoms with Crippen LogP contribution >= 0.6 is 47.5 Å².